The van der Waals surface area contributed by atoms with Crippen molar-refractivity contribution in [1.82, 2.24) is 0 Å². The van der Waals surface area contributed by atoms with Gasteiger partial charge in [0, 0.05) is 10.5 Å². The van der Waals surface area contributed by atoms with Crippen molar-refractivity contribution in [1.29, 1.82) is 5.26 Å². The summed E-state index contributed by atoms with van der Waals surface area (Å²) in [6, 6.07) is 3.63. The minimum Gasteiger partial charge on any atom is -0.481 e. The quantitative estimate of drug-likeness (QED) is 0.832. The molecular weight excluding hydrogens is 271 g/mol. The number of halogens is 3. The van der Waals surface area contributed by atoms with E-state index in [1.807, 2.05) is 0 Å². The van der Waals surface area contributed by atoms with Crippen molar-refractivity contribution in [2.75, 3.05) is 0 Å². The van der Waals surface area contributed by atoms with E-state index in [1.165, 1.54) is 6.07 Å². The Kier molecular flexibility index (Phi) is 4.08. The van der Waals surface area contributed by atoms with Crippen LogP contribution in [0.1, 0.15) is 11.1 Å². The van der Waals surface area contributed by atoms with Gasteiger partial charge in [0.05, 0.1) is 18.1 Å². The second-order valence-corrected chi connectivity index (χ2v) is 3.68. The summed E-state index contributed by atoms with van der Waals surface area (Å²) in [5, 5.41) is 17.2. The number of hydrogen-bond acceptors (Lipinski definition) is 4. The first-order valence-electron chi connectivity index (χ1n) is 4.46. The highest BCUT2D eigenvalue weighted by Crippen LogP contribution is 2.32. The zero-order valence-corrected chi connectivity index (χ0v) is 9.55. The van der Waals surface area contributed by atoms with Crippen LogP contribution in [-0.2, 0) is 11.2 Å². The average molecular weight is 277 g/mol. The van der Waals surface area contributed by atoms with Crippen molar-refractivity contribution in [3.8, 4) is 11.8 Å². The molecule has 1 N–H and O–H groups in total. The number of nitrogens with zero attached hydrogens (tertiary/aromatic N) is 1. The zero-order valence-electron chi connectivity index (χ0n) is 8.65. The number of alkyl halides is 3. The molecule has 4 nitrogen and oxygen atoms in total. The first-order valence-corrected chi connectivity index (χ1v) is 4.91. The van der Waals surface area contributed by atoms with E-state index in [0.29, 0.717) is 0 Å². The van der Waals surface area contributed by atoms with Crippen LogP contribution in [0.4, 0.5) is 13.2 Å². The minimum absolute atomic E-state index is 0.0456. The van der Waals surface area contributed by atoms with Crippen molar-refractivity contribution >= 4 is 18.6 Å². The van der Waals surface area contributed by atoms with Gasteiger partial charge in [-0.15, -0.1) is 25.8 Å². The molecule has 0 heterocycles. The third-order valence-electron chi connectivity index (χ3n) is 1.87. The molecule has 18 heavy (non-hydrogen) atoms. The summed E-state index contributed by atoms with van der Waals surface area (Å²) in [4.78, 5) is 10.5. The Hall–Kier alpha value is -1.88. The van der Waals surface area contributed by atoms with Crippen LogP contribution < -0.4 is 4.74 Å². The summed E-state index contributed by atoms with van der Waals surface area (Å²) in [7, 11) is 0. The number of benzene rings is 1. The maximum atomic E-state index is 12.1. The molecule has 0 aliphatic rings. The van der Waals surface area contributed by atoms with E-state index in [2.05, 4.69) is 17.4 Å². The summed E-state index contributed by atoms with van der Waals surface area (Å²) in [5.41, 5.74) is -0.337. The molecule has 0 saturated carbocycles. The Morgan fingerprint density at radius 3 is 2.56 bits per heavy atom. The summed E-state index contributed by atoms with van der Waals surface area (Å²) in [6.07, 6.45) is -5.66. The van der Waals surface area contributed by atoms with Gasteiger partial charge in [-0.2, -0.15) is 5.26 Å². The number of carboxylic acid groups (broad SMARTS) is 1. The summed E-state index contributed by atoms with van der Waals surface area (Å²) in [6.45, 7) is 0. The molecule has 0 radical (unpaired) electrons. The number of thiol groups is 1. The van der Waals surface area contributed by atoms with E-state index >= 15 is 0 Å². The van der Waals surface area contributed by atoms with Gasteiger partial charge in [0.25, 0.3) is 0 Å². The van der Waals surface area contributed by atoms with Crippen molar-refractivity contribution in [3.63, 3.8) is 0 Å². The number of carboxylic acids is 1. The highest BCUT2D eigenvalue weighted by molar-refractivity contribution is 7.80. The Balaban J connectivity index is 3.30. The first-order chi connectivity index (χ1) is 8.23. The molecule has 0 aliphatic carbocycles. The largest absolute Gasteiger partial charge is 0.573 e. The SMILES string of the molecule is N#Cc1cc(S)c(CC(=O)O)c(OC(F)(F)F)c1. The molecule has 1 rings (SSSR count). The number of hydrogen-bond donors (Lipinski definition) is 2. The molecule has 0 saturated heterocycles. The van der Waals surface area contributed by atoms with E-state index in [4.69, 9.17) is 10.4 Å². The van der Waals surface area contributed by atoms with Gasteiger partial charge in [0.15, 0.2) is 0 Å². The van der Waals surface area contributed by atoms with Crippen LogP contribution in [0.5, 0.6) is 5.75 Å². The lowest BCUT2D eigenvalue weighted by atomic mass is 10.1. The molecule has 1 aromatic rings. The number of aliphatic carboxylic acids is 1. The predicted octanol–water partition coefficient (Wildman–Crippen LogP) is 2.37. The van der Waals surface area contributed by atoms with Gasteiger partial charge in [0.1, 0.15) is 5.75 Å². The van der Waals surface area contributed by atoms with Gasteiger partial charge in [-0.3, -0.25) is 4.79 Å². The smallest absolute Gasteiger partial charge is 0.481 e. The standard InChI is InChI=1S/C10H6F3NO3S/c11-10(12,13)17-7-1-5(4-14)2-8(18)6(7)3-9(15)16/h1-2,18H,3H2,(H,15,16). The van der Waals surface area contributed by atoms with Crippen molar-refractivity contribution in [2.45, 2.75) is 17.7 Å². The molecule has 1 aromatic carbocycles. The van der Waals surface area contributed by atoms with Gasteiger partial charge in [-0.05, 0) is 12.1 Å². The lowest BCUT2D eigenvalue weighted by Gasteiger charge is -2.14. The molecule has 0 fully saturated rings. The number of ether oxygens (including phenoxy) is 1. The number of rotatable bonds is 3. The maximum absolute atomic E-state index is 12.1. The van der Waals surface area contributed by atoms with Gasteiger partial charge < -0.3 is 9.84 Å². The second-order valence-electron chi connectivity index (χ2n) is 3.20. The number of nitriles is 1. The molecule has 8 heteroatoms. The Labute approximate surface area is 105 Å². The Bertz CT molecular complexity index is 522. The van der Waals surface area contributed by atoms with E-state index < -0.39 is 24.5 Å². The molecule has 0 spiro atoms. The Morgan fingerprint density at radius 2 is 2.11 bits per heavy atom. The molecule has 96 valence electrons. The second kappa shape index (κ2) is 5.18. The fourth-order valence-electron chi connectivity index (χ4n) is 1.24. The molecule has 0 aromatic heterocycles. The molecule has 0 unspecified atom stereocenters. The normalized spacial score (nSPS) is 10.8. The van der Waals surface area contributed by atoms with E-state index in [0.717, 1.165) is 6.07 Å². The third-order valence-corrected chi connectivity index (χ3v) is 2.27. The molecule has 0 aliphatic heterocycles. The van der Waals surface area contributed by atoms with Gasteiger partial charge >= 0.3 is 12.3 Å². The lowest BCUT2D eigenvalue weighted by Crippen LogP contribution is -2.19. The first kappa shape index (κ1) is 14.2. The summed E-state index contributed by atoms with van der Waals surface area (Å²) in [5.74, 6) is -2.06. The Morgan fingerprint density at radius 1 is 1.50 bits per heavy atom. The minimum atomic E-state index is -4.97. The van der Waals surface area contributed by atoms with E-state index in [1.54, 1.807) is 6.07 Å². The highest BCUT2D eigenvalue weighted by atomic mass is 32.1. The van der Waals surface area contributed by atoms with E-state index in [9.17, 15) is 18.0 Å². The van der Waals surface area contributed by atoms with Gasteiger partial charge in [-0.1, -0.05) is 0 Å². The van der Waals surface area contributed by atoms with Gasteiger partial charge in [0.2, 0.25) is 0 Å². The molecular formula is C10H6F3NO3S. The third kappa shape index (κ3) is 3.85. The fraction of sp³-hybridized carbons (Fsp3) is 0.200. The van der Waals surface area contributed by atoms with Crippen LogP contribution in [-0.4, -0.2) is 17.4 Å². The fourth-order valence-corrected chi connectivity index (χ4v) is 1.57. The zero-order chi connectivity index (χ0) is 13.9. The molecule has 0 amide bonds. The summed E-state index contributed by atoms with van der Waals surface area (Å²) >= 11 is 3.85. The molecule has 0 bridgehead atoms. The van der Waals surface area contributed by atoms with Crippen LogP contribution in [0.3, 0.4) is 0 Å². The van der Waals surface area contributed by atoms with Crippen molar-refractivity contribution < 1.29 is 27.8 Å². The van der Waals surface area contributed by atoms with Crippen molar-refractivity contribution in [3.05, 3.63) is 23.3 Å². The predicted molar refractivity (Wildman–Crippen MR) is 56.4 cm³/mol. The van der Waals surface area contributed by atoms with Crippen LogP contribution in [0, 0.1) is 11.3 Å². The number of carbonyl (C=O) groups is 1. The van der Waals surface area contributed by atoms with Gasteiger partial charge in [-0.25, -0.2) is 0 Å². The van der Waals surface area contributed by atoms with Crippen LogP contribution in [0.25, 0.3) is 0 Å². The van der Waals surface area contributed by atoms with Crippen LogP contribution in [0.2, 0.25) is 0 Å². The topological polar surface area (TPSA) is 70.3 Å². The van der Waals surface area contributed by atoms with Crippen LogP contribution in [0.15, 0.2) is 17.0 Å². The monoisotopic (exact) mass is 277 g/mol. The van der Waals surface area contributed by atoms with Crippen LogP contribution >= 0.6 is 12.6 Å². The maximum Gasteiger partial charge on any atom is 0.573 e. The summed E-state index contributed by atoms with van der Waals surface area (Å²) < 4.78 is 40.1. The average Bonchev–Trinajstić information content (AvgIpc) is 2.20. The molecule has 0 atom stereocenters. The van der Waals surface area contributed by atoms with E-state index in [-0.39, 0.29) is 16.0 Å². The lowest BCUT2D eigenvalue weighted by molar-refractivity contribution is -0.275. The highest BCUT2D eigenvalue weighted by Gasteiger charge is 2.33. The van der Waals surface area contributed by atoms with Crippen molar-refractivity contribution in [2.24, 2.45) is 0 Å².